The molecule has 2 N–H and O–H groups in total. The van der Waals surface area contributed by atoms with Gasteiger partial charge in [0.1, 0.15) is 5.75 Å². The average Bonchev–Trinajstić information content (AvgIpc) is 3.12. The van der Waals surface area contributed by atoms with Gasteiger partial charge in [-0.3, -0.25) is 0 Å². The normalized spacial score (nSPS) is 18.3. The highest BCUT2D eigenvalue weighted by atomic mass is 35.5. The first-order valence-corrected chi connectivity index (χ1v) is 5.93. The van der Waals surface area contributed by atoms with Crippen molar-refractivity contribution >= 4 is 11.6 Å². The van der Waals surface area contributed by atoms with Gasteiger partial charge in [0.25, 0.3) is 0 Å². The quantitative estimate of drug-likeness (QED) is 0.897. The van der Waals surface area contributed by atoms with Crippen molar-refractivity contribution in [2.24, 2.45) is 11.1 Å². The van der Waals surface area contributed by atoms with E-state index in [1.54, 1.807) is 7.11 Å². The largest absolute Gasteiger partial charge is 0.496 e. The van der Waals surface area contributed by atoms with Crippen LogP contribution in [0.3, 0.4) is 0 Å². The third-order valence-corrected chi connectivity index (χ3v) is 3.86. The highest BCUT2D eigenvalue weighted by Crippen LogP contribution is 2.54. The maximum absolute atomic E-state index is 9.17. The Balaban J connectivity index is 2.45. The van der Waals surface area contributed by atoms with Crippen molar-refractivity contribution in [3.63, 3.8) is 0 Å². The van der Waals surface area contributed by atoms with Gasteiger partial charge in [0.2, 0.25) is 0 Å². The fraction of sp³-hybridized carbons (Fsp3) is 0.462. The minimum Gasteiger partial charge on any atom is -0.496 e. The molecule has 0 heterocycles. The number of halogens is 1. The van der Waals surface area contributed by atoms with Crippen molar-refractivity contribution in [1.29, 1.82) is 5.26 Å². The van der Waals surface area contributed by atoms with Crippen molar-refractivity contribution < 1.29 is 4.74 Å². The van der Waals surface area contributed by atoms with E-state index in [1.807, 2.05) is 19.1 Å². The molecule has 0 radical (unpaired) electrons. The van der Waals surface area contributed by atoms with Gasteiger partial charge in [-0.1, -0.05) is 11.6 Å². The van der Waals surface area contributed by atoms with Crippen molar-refractivity contribution in [2.75, 3.05) is 7.11 Å². The van der Waals surface area contributed by atoms with Gasteiger partial charge in [-0.15, -0.1) is 0 Å². The SMILES string of the molecule is COc1cc(C)c(Cl)cc1C(N)C1(C#N)CC1. The van der Waals surface area contributed by atoms with Crippen LogP contribution in [0, 0.1) is 23.7 Å². The van der Waals surface area contributed by atoms with Gasteiger partial charge in [-0.05, 0) is 37.5 Å². The van der Waals surface area contributed by atoms with Crippen LogP contribution in [0.1, 0.15) is 30.0 Å². The third-order valence-electron chi connectivity index (χ3n) is 3.45. The second-order valence-corrected chi connectivity index (χ2v) is 5.00. The second kappa shape index (κ2) is 4.21. The lowest BCUT2D eigenvalue weighted by Crippen LogP contribution is -2.22. The third kappa shape index (κ3) is 1.99. The molecule has 0 aromatic heterocycles. The summed E-state index contributed by atoms with van der Waals surface area (Å²) in [5, 5.41) is 9.83. The molecule has 0 bridgehead atoms. The first kappa shape index (κ1) is 12.2. The molecular formula is C13H15ClN2O. The van der Waals surface area contributed by atoms with Gasteiger partial charge in [0, 0.05) is 10.6 Å². The predicted molar refractivity (Wildman–Crippen MR) is 66.9 cm³/mol. The summed E-state index contributed by atoms with van der Waals surface area (Å²) in [6.07, 6.45) is 1.69. The molecule has 0 amide bonds. The van der Waals surface area contributed by atoms with Crippen LogP contribution in [0.5, 0.6) is 5.75 Å². The predicted octanol–water partition coefficient (Wildman–Crippen LogP) is 2.96. The molecule has 17 heavy (non-hydrogen) atoms. The number of nitrogens with two attached hydrogens (primary N) is 1. The van der Waals surface area contributed by atoms with Crippen LogP contribution in [-0.4, -0.2) is 7.11 Å². The van der Waals surface area contributed by atoms with Crippen molar-refractivity contribution in [3.05, 3.63) is 28.3 Å². The topological polar surface area (TPSA) is 59.0 Å². The van der Waals surface area contributed by atoms with Gasteiger partial charge in [0.15, 0.2) is 0 Å². The maximum Gasteiger partial charge on any atom is 0.124 e. The molecule has 2 rings (SSSR count). The number of ether oxygens (including phenoxy) is 1. The van der Waals surface area contributed by atoms with Gasteiger partial charge in [0.05, 0.1) is 24.6 Å². The Kier molecular flexibility index (Phi) is 3.03. The Morgan fingerprint density at radius 3 is 2.65 bits per heavy atom. The summed E-state index contributed by atoms with van der Waals surface area (Å²) in [5.74, 6) is 0.709. The molecule has 1 aliphatic rings. The van der Waals surface area contributed by atoms with Crippen molar-refractivity contribution in [2.45, 2.75) is 25.8 Å². The Bertz CT molecular complexity index is 489. The highest BCUT2D eigenvalue weighted by Gasteiger charge is 2.50. The molecule has 1 atom stereocenters. The summed E-state index contributed by atoms with van der Waals surface area (Å²) in [6.45, 7) is 1.91. The zero-order valence-corrected chi connectivity index (χ0v) is 10.7. The van der Waals surface area contributed by atoms with Crippen LogP contribution in [-0.2, 0) is 0 Å². The van der Waals surface area contributed by atoms with Crippen LogP contribution in [0.25, 0.3) is 0 Å². The lowest BCUT2D eigenvalue weighted by molar-refractivity contribution is 0.396. The van der Waals surface area contributed by atoms with E-state index in [2.05, 4.69) is 6.07 Å². The summed E-state index contributed by atoms with van der Waals surface area (Å²) in [5.41, 5.74) is 7.52. The number of nitrogens with zero attached hydrogens (tertiary/aromatic N) is 1. The van der Waals surface area contributed by atoms with Gasteiger partial charge < -0.3 is 10.5 Å². The number of nitriles is 1. The Hall–Kier alpha value is -1.24. The zero-order valence-electron chi connectivity index (χ0n) is 9.96. The number of benzene rings is 1. The van der Waals surface area contributed by atoms with E-state index >= 15 is 0 Å². The molecule has 3 nitrogen and oxygen atoms in total. The Morgan fingerprint density at radius 1 is 1.53 bits per heavy atom. The van der Waals surface area contributed by atoms with E-state index in [9.17, 15) is 5.26 Å². The van der Waals surface area contributed by atoms with Crippen molar-refractivity contribution in [3.8, 4) is 11.8 Å². The Morgan fingerprint density at radius 2 is 2.18 bits per heavy atom. The minimum absolute atomic E-state index is 0.333. The van der Waals surface area contributed by atoms with Crippen LogP contribution in [0.4, 0.5) is 0 Å². The molecule has 1 unspecified atom stereocenters. The van der Waals surface area contributed by atoms with Crippen LogP contribution in [0.15, 0.2) is 12.1 Å². The van der Waals surface area contributed by atoms with Crippen LogP contribution < -0.4 is 10.5 Å². The van der Waals surface area contributed by atoms with Crippen LogP contribution >= 0.6 is 11.6 Å². The summed E-state index contributed by atoms with van der Waals surface area (Å²) >= 11 is 6.11. The monoisotopic (exact) mass is 250 g/mol. The van der Waals surface area contributed by atoms with E-state index < -0.39 is 5.41 Å². The van der Waals surface area contributed by atoms with Crippen LogP contribution in [0.2, 0.25) is 5.02 Å². The zero-order chi connectivity index (χ0) is 12.6. The van der Waals surface area contributed by atoms with Gasteiger partial charge in [-0.25, -0.2) is 0 Å². The number of aryl methyl sites for hydroxylation is 1. The second-order valence-electron chi connectivity index (χ2n) is 4.59. The van der Waals surface area contributed by atoms with E-state index in [0.717, 1.165) is 24.0 Å². The fourth-order valence-electron chi connectivity index (χ4n) is 2.01. The molecule has 0 aliphatic heterocycles. The molecule has 1 aliphatic carbocycles. The highest BCUT2D eigenvalue weighted by molar-refractivity contribution is 6.31. The lowest BCUT2D eigenvalue weighted by Gasteiger charge is -2.20. The minimum atomic E-state index is -0.425. The molecule has 1 saturated carbocycles. The van der Waals surface area contributed by atoms with E-state index in [-0.39, 0.29) is 6.04 Å². The molecule has 4 heteroatoms. The summed E-state index contributed by atoms with van der Waals surface area (Å²) in [7, 11) is 1.60. The molecule has 1 aromatic rings. The van der Waals surface area contributed by atoms with Gasteiger partial charge >= 0.3 is 0 Å². The summed E-state index contributed by atoms with van der Waals surface area (Å²) < 4.78 is 5.32. The molecule has 0 spiro atoms. The number of hydrogen-bond donors (Lipinski definition) is 1. The van der Waals surface area contributed by atoms with Gasteiger partial charge in [-0.2, -0.15) is 5.26 Å². The number of methoxy groups -OCH3 is 1. The van der Waals surface area contributed by atoms with E-state index in [4.69, 9.17) is 22.1 Å². The molecule has 90 valence electrons. The molecule has 1 aromatic carbocycles. The molecule has 1 fully saturated rings. The first-order chi connectivity index (χ1) is 8.04. The average molecular weight is 251 g/mol. The summed E-state index contributed by atoms with van der Waals surface area (Å²) in [6, 6.07) is 5.66. The smallest absolute Gasteiger partial charge is 0.124 e. The van der Waals surface area contributed by atoms with Crippen molar-refractivity contribution in [1.82, 2.24) is 0 Å². The van der Waals surface area contributed by atoms with E-state index in [0.29, 0.717) is 10.8 Å². The standard InChI is InChI=1S/C13H15ClN2O/c1-8-5-11(17-2)9(6-10(8)14)12(16)13(7-15)3-4-13/h5-6,12H,3-4,16H2,1-2H3. The Labute approximate surface area is 106 Å². The van der Waals surface area contributed by atoms with E-state index in [1.165, 1.54) is 0 Å². The molecular weight excluding hydrogens is 236 g/mol. The summed E-state index contributed by atoms with van der Waals surface area (Å²) in [4.78, 5) is 0. The number of rotatable bonds is 3. The molecule has 0 saturated heterocycles. The lowest BCUT2D eigenvalue weighted by atomic mass is 9.91. The maximum atomic E-state index is 9.17. The first-order valence-electron chi connectivity index (χ1n) is 5.55. The fourth-order valence-corrected chi connectivity index (χ4v) is 2.19. The number of hydrogen-bond acceptors (Lipinski definition) is 3.